The third-order valence-electron chi connectivity index (χ3n) is 3.76. The van der Waals surface area contributed by atoms with Gasteiger partial charge < -0.3 is 15.1 Å². The van der Waals surface area contributed by atoms with Gasteiger partial charge in [0, 0.05) is 19.7 Å². The molecule has 0 spiro atoms. The molecule has 4 heteroatoms. The van der Waals surface area contributed by atoms with E-state index in [1.54, 1.807) is 6.07 Å². The van der Waals surface area contributed by atoms with Crippen LogP contribution in [0.5, 0.6) is 5.75 Å². The van der Waals surface area contributed by atoms with Crippen molar-refractivity contribution in [3.63, 3.8) is 0 Å². The summed E-state index contributed by atoms with van der Waals surface area (Å²) in [5.41, 5.74) is 1.65. The summed E-state index contributed by atoms with van der Waals surface area (Å²) >= 11 is 0. The average molecular weight is 263 g/mol. The lowest BCUT2D eigenvalue weighted by Gasteiger charge is -2.32. The molecule has 4 nitrogen and oxygen atoms in total. The van der Waals surface area contributed by atoms with Crippen LogP contribution in [0.4, 0.5) is 0 Å². The molecule has 1 aliphatic rings. The maximum atomic E-state index is 12.2. The highest BCUT2D eigenvalue weighted by Gasteiger charge is 2.23. The Morgan fingerprint density at radius 1 is 1.47 bits per heavy atom. The molecule has 1 amide bonds. The van der Waals surface area contributed by atoms with E-state index < -0.39 is 0 Å². The van der Waals surface area contributed by atoms with Crippen LogP contribution in [-0.2, 0) is 11.2 Å². The second-order valence-electron chi connectivity index (χ2n) is 5.33. The van der Waals surface area contributed by atoms with Gasteiger partial charge in [0.15, 0.2) is 0 Å². The van der Waals surface area contributed by atoms with Crippen LogP contribution < -0.4 is 0 Å². The van der Waals surface area contributed by atoms with Crippen LogP contribution in [0.1, 0.15) is 24.0 Å². The van der Waals surface area contributed by atoms with Crippen molar-refractivity contribution in [2.75, 3.05) is 19.7 Å². The smallest absolute Gasteiger partial charge is 0.227 e. The molecule has 1 saturated heterocycles. The number of likely N-dealkylation sites (tertiary alicyclic amines) is 1. The van der Waals surface area contributed by atoms with E-state index in [0.29, 0.717) is 13.0 Å². The van der Waals surface area contributed by atoms with Gasteiger partial charge in [-0.25, -0.2) is 0 Å². The number of piperidine rings is 1. The Morgan fingerprint density at radius 3 is 2.95 bits per heavy atom. The molecule has 0 bridgehead atoms. The molecule has 1 aliphatic heterocycles. The van der Waals surface area contributed by atoms with E-state index in [9.17, 15) is 15.0 Å². The maximum Gasteiger partial charge on any atom is 0.227 e. The predicted octanol–water partition coefficient (Wildman–Crippen LogP) is 1.47. The van der Waals surface area contributed by atoms with Gasteiger partial charge in [-0.2, -0.15) is 0 Å². The number of amides is 1. The van der Waals surface area contributed by atoms with Gasteiger partial charge in [0.2, 0.25) is 5.91 Å². The zero-order chi connectivity index (χ0) is 13.8. The Bertz CT molecular complexity index is 459. The number of aliphatic hydroxyl groups is 1. The second kappa shape index (κ2) is 6.06. The van der Waals surface area contributed by atoms with Crippen LogP contribution in [0.2, 0.25) is 0 Å². The fraction of sp³-hybridized carbons (Fsp3) is 0.533. The first-order chi connectivity index (χ1) is 9.10. The van der Waals surface area contributed by atoms with Crippen molar-refractivity contribution >= 4 is 5.91 Å². The molecular weight excluding hydrogens is 242 g/mol. The molecule has 0 radical (unpaired) electrons. The molecule has 0 saturated carbocycles. The normalized spacial score (nSPS) is 19.5. The van der Waals surface area contributed by atoms with E-state index in [1.165, 1.54) is 0 Å². The van der Waals surface area contributed by atoms with Crippen molar-refractivity contribution in [3.05, 3.63) is 29.3 Å². The van der Waals surface area contributed by atoms with Crippen molar-refractivity contribution in [2.24, 2.45) is 5.92 Å². The molecular formula is C15H21NO3. The molecule has 1 fully saturated rings. The Labute approximate surface area is 113 Å². The van der Waals surface area contributed by atoms with Gasteiger partial charge in [0.25, 0.3) is 0 Å². The fourth-order valence-corrected chi connectivity index (χ4v) is 2.49. The van der Waals surface area contributed by atoms with E-state index in [0.717, 1.165) is 30.5 Å². The largest absolute Gasteiger partial charge is 0.508 e. The van der Waals surface area contributed by atoms with Crippen LogP contribution >= 0.6 is 0 Å². The summed E-state index contributed by atoms with van der Waals surface area (Å²) in [6.07, 6.45) is 2.26. The number of aryl methyl sites for hydroxylation is 1. The van der Waals surface area contributed by atoms with Crippen LogP contribution in [0.25, 0.3) is 0 Å². The van der Waals surface area contributed by atoms with E-state index in [4.69, 9.17) is 0 Å². The highest BCUT2D eigenvalue weighted by molar-refractivity contribution is 5.79. The summed E-state index contributed by atoms with van der Waals surface area (Å²) in [6.45, 7) is 3.40. The lowest BCUT2D eigenvalue weighted by atomic mass is 9.98. The zero-order valence-corrected chi connectivity index (χ0v) is 11.3. The van der Waals surface area contributed by atoms with Crippen LogP contribution in [0.15, 0.2) is 18.2 Å². The van der Waals surface area contributed by atoms with Crippen molar-refractivity contribution in [1.29, 1.82) is 0 Å². The first kappa shape index (κ1) is 13.9. The summed E-state index contributed by atoms with van der Waals surface area (Å²) in [4.78, 5) is 14.0. The Hall–Kier alpha value is -1.55. The SMILES string of the molecule is Cc1ccc(CC(=O)N2CCCC(CO)C2)cc1O. The van der Waals surface area contributed by atoms with E-state index in [2.05, 4.69) is 0 Å². The van der Waals surface area contributed by atoms with E-state index >= 15 is 0 Å². The fourth-order valence-electron chi connectivity index (χ4n) is 2.49. The minimum atomic E-state index is 0.0707. The van der Waals surface area contributed by atoms with Gasteiger partial charge in [0.05, 0.1) is 6.42 Å². The molecule has 0 aromatic heterocycles. The summed E-state index contributed by atoms with van der Waals surface area (Å²) in [6, 6.07) is 5.35. The topological polar surface area (TPSA) is 60.8 Å². The van der Waals surface area contributed by atoms with Gasteiger partial charge in [-0.15, -0.1) is 0 Å². The summed E-state index contributed by atoms with van der Waals surface area (Å²) < 4.78 is 0. The molecule has 1 heterocycles. The highest BCUT2D eigenvalue weighted by atomic mass is 16.3. The number of hydrogen-bond acceptors (Lipinski definition) is 3. The summed E-state index contributed by atoms with van der Waals surface area (Å²) in [5.74, 6) is 0.516. The monoisotopic (exact) mass is 263 g/mol. The van der Waals surface area contributed by atoms with Gasteiger partial charge in [-0.3, -0.25) is 4.79 Å². The van der Waals surface area contributed by atoms with Crippen molar-refractivity contribution in [3.8, 4) is 5.75 Å². The molecule has 104 valence electrons. The van der Waals surface area contributed by atoms with Crippen molar-refractivity contribution in [1.82, 2.24) is 4.90 Å². The molecule has 19 heavy (non-hydrogen) atoms. The number of carbonyl (C=O) groups is 1. The van der Waals surface area contributed by atoms with Crippen molar-refractivity contribution < 1.29 is 15.0 Å². The quantitative estimate of drug-likeness (QED) is 0.868. The van der Waals surface area contributed by atoms with E-state index in [1.807, 2.05) is 24.0 Å². The number of carbonyl (C=O) groups excluding carboxylic acids is 1. The van der Waals surface area contributed by atoms with Crippen LogP contribution in [0, 0.1) is 12.8 Å². The molecule has 0 aliphatic carbocycles. The highest BCUT2D eigenvalue weighted by Crippen LogP contribution is 2.20. The maximum absolute atomic E-state index is 12.2. The summed E-state index contributed by atoms with van der Waals surface area (Å²) in [7, 11) is 0. The van der Waals surface area contributed by atoms with Crippen molar-refractivity contribution in [2.45, 2.75) is 26.2 Å². The lowest BCUT2D eigenvalue weighted by molar-refractivity contribution is -0.132. The molecule has 2 N–H and O–H groups in total. The number of nitrogens with zero attached hydrogens (tertiary/aromatic N) is 1. The number of benzene rings is 1. The third kappa shape index (κ3) is 3.47. The number of hydrogen-bond donors (Lipinski definition) is 2. The molecule has 1 aromatic rings. The zero-order valence-electron chi connectivity index (χ0n) is 11.3. The predicted molar refractivity (Wildman–Crippen MR) is 72.9 cm³/mol. The number of rotatable bonds is 3. The molecule has 2 rings (SSSR count). The first-order valence-electron chi connectivity index (χ1n) is 6.77. The van der Waals surface area contributed by atoms with Crippen LogP contribution in [-0.4, -0.2) is 40.7 Å². The molecule has 1 aromatic carbocycles. The summed E-state index contributed by atoms with van der Waals surface area (Å²) in [5, 5.41) is 18.8. The number of aromatic hydroxyl groups is 1. The van der Waals surface area contributed by atoms with Gasteiger partial charge in [-0.1, -0.05) is 12.1 Å². The third-order valence-corrected chi connectivity index (χ3v) is 3.76. The number of phenolic OH excluding ortho intramolecular Hbond substituents is 1. The minimum Gasteiger partial charge on any atom is -0.508 e. The number of aliphatic hydroxyl groups excluding tert-OH is 1. The Morgan fingerprint density at radius 2 is 2.26 bits per heavy atom. The second-order valence-corrected chi connectivity index (χ2v) is 5.33. The lowest BCUT2D eigenvalue weighted by Crippen LogP contribution is -2.41. The number of phenols is 1. The van der Waals surface area contributed by atoms with Crippen LogP contribution in [0.3, 0.4) is 0 Å². The molecule has 1 unspecified atom stereocenters. The van der Waals surface area contributed by atoms with E-state index in [-0.39, 0.29) is 24.2 Å². The molecule has 1 atom stereocenters. The van der Waals surface area contributed by atoms with Gasteiger partial charge in [0.1, 0.15) is 5.75 Å². The Kier molecular flexibility index (Phi) is 4.43. The standard InChI is InChI=1S/C15H21NO3/c1-11-4-5-12(7-14(11)18)8-15(19)16-6-2-3-13(9-16)10-17/h4-5,7,13,17-18H,2-3,6,8-10H2,1H3. The first-order valence-corrected chi connectivity index (χ1v) is 6.77. The Balaban J connectivity index is 1.98. The average Bonchev–Trinajstić information content (AvgIpc) is 2.43. The minimum absolute atomic E-state index is 0.0707. The van der Waals surface area contributed by atoms with Gasteiger partial charge in [-0.05, 0) is 42.9 Å². The van der Waals surface area contributed by atoms with Gasteiger partial charge >= 0.3 is 0 Å².